The summed E-state index contributed by atoms with van der Waals surface area (Å²) in [6, 6.07) is 0.0482. The average molecular weight is 270 g/mol. The summed E-state index contributed by atoms with van der Waals surface area (Å²) in [5.74, 6) is 0. The molecule has 0 amide bonds. The maximum absolute atomic E-state index is 6.11. The largest absolute Gasteiger partial charge is 0.350 e. The molecular weight excluding hydrogens is 248 g/mol. The fourth-order valence-electron chi connectivity index (χ4n) is 1.85. The Balaban J connectivity index is 1.86. The zero-order valence-electron chi connectivity index (χ0n) is 11.3. The first-order chi connectivity index (χ1) is 8.45. The molecule has 0 aliphatic carbocycles. The molecule has 1 fully saturated rings. The lowest BCUT2D eigenvalue weighted by Crippen LogP contribution is -2.28. The van der Waals surface area contributed by atoms with E-state index in [9.17, 15) is 0 Å². The third kappa shape index (κ3) is 3.75. The lowest BCUT2D eigenvalue weighted by molar-refractivity contribution is -0.0504. The van der Waals surface area contributed by atoms with Gasteiger partial charge in [0, 0.05) is 29.7 Å². The SMILES string of the molecule is CC(C)(C)c1csc(CC(N)CC2OCCO2)n1. The van der Waals surface area contributed by atoms with Crippen molar-refractivity contribution in [1.82, 2.24) is 4.98 Å². The number of rotatable bonds is 4. The molecule has 1 unspecified atom stereocenters. The van der Waals surface area contributed by atoms with Crippen molar-refractivity contribution in [2.75, 3.05) is 13.2 Å². The predicted molar refractivity (Wildman–Crippen MR) is 72.8 cm³/mol. The van der Waals surface area contributed by atoms with E-state index in [1.807, 2.05) is 0 Å². The molecule has 1 saturated heterocycles. The van der Waals surface area contributed by atoms with Gasteiger partial charge in [0.25, 0.3) is 0 Å². The normalized spacial score (nSPS) is 19.3. The molecule has 0 saturated carbocycles. The number of hydrogen-bond acceptors (Lipinski definition) is 5. The molecule has 0 radical (unpaired) electrons. The highest BCUT2D eigenvalue weighted by molar-refractivity contribution is 7.09. The van der Waals surface area contributed by atoms with Crippen molar-refractivity contribution < 1.29 is 9.47 Å². The van der Waals surface area contributed by atoms with Crippen LogP contribution in [0.4, 0.5) is 0 Å². The fourth-order valence-corrected chi connectivity index (χ4v) is 2.96. The van der Waals surface area contributed by atoms with Crippen molar-refractivity contribution in [3.63, 3.8) is 0 Å². The lowest BCUT2D eigenvalue weighted by Gasteiger charge is -2.15. The summed E-state index contributed by atoms with van der Waals surface area (Å²) in [6.45, 7) is 7.88. The summed E-state index contributed by atoms with van der Waals surface area (Å²) in [6.07, 6.45) is 1.41. The van der Waals surface area contributed by atoms with Gasteiger partial charge in [-0.05, 0) is 0 Å². The third-order valence-electron chi connectivity index (χ3n) is 2.94. The molecule has 1 atom stereocenters. The first-order valence-electron chi connectivity index (χ1n) is 6.39. The van der Waals surface area contributed by atoms with Gasteiger partial charge in [0.05, 0.1) is 23.9 Å². The number of hydrogen-bond donors (Lipinski definition) is 1. The maximum Gasteiger partial charge on any atom is 0.159 e. The maximum atomic E-state index is 6.11. The highest BCUT2D eigenvalue weighted by Gasteiger charge is 2.21. The summed E-state index contributed by atoms with van der Waals surface area (Å²) in [4.78, 5) is 4.65. The van der Waals surface area contributed by atoms with Gasteiger partial charge in [0.2, 0.25) is 0 Å². The molecule has 1 aliphatic rings. The predicted octanol–water partition coefficient (Wildman–Crippen LogP) is 2.07. The molecule has 1 aromatic rings. The van der Waals surface area contributed by atoms with Gasteiger partial charge in [-0.15, -0.1) is 11.3 Å². The number of thiazole rings is 1. The van der Waals surface area contributed by atoms with E-state index >= 15 is 0 Å². The van der Waals surface area contributed by atoms with Crippen molar-refractivity contribution in [2.45, 2.75) is 51.4 Å². The van der Waals surface area contributed by atoms with Crippen LogP contribution in [0.25, 0.3) is 0 Å². The quantitative estimate of drug-likeness (QED) is 0.910. The van der Waals surface area contributed by atoms with Crippen LogP contribution < -0.4 is 5.73 Å². The second kappa shape index (κ2) is 5.65. The van der Waals surface area contributed by atoms with E-state index in [0.717, 1.165) is 23.5 Å². The Morgan fingerprint density at radius 2 is 2.11 bits per heavy atom. The molecule has 1 aliphatic heterocycles. The molecule has 0 spiro atoms. The van der Waals surface area contributed by atoms with E-state index < -0.39 is 0 Å². The molecule has 5 heteroatoms. The molecule has 2 N–H and O–H groups in total. The monoisotopic (exact) mass is 270 g/mol. The fraction of sp³-hybridized carbons (Fsp3) is 0.769. The van der Waals surface area contributed by atoms with Gasteiger partial charge in [0.15, 0.2) is 6.29 Å². The average Bonchev–Trinajstić information content (AvgIpc) is 2.87. The van der Waals surface area contributed by atoms with Gasteiger partial charge in [-0.2, -0.15) is 0 Å². The van der Waals surface area contributed by atoms with Crippen LogP contribution in [0.15, 0.2) is 5.38 Å². The van der Waals surface area contributed by atoms with E-state index in [2.05, 4.69) is 31.1 Å². The number of aromatic nitrogens is 1. The topological polar surface area (TPSA) is 57.4 Å². The van der Waals surface area contributed by atoms with Gasteiger partial charge >= 0.3 is 0 Å². The van der Waals surface area contributed by atoms with Gasteiger partial charge in [-0.3, -0.25) is 0 Å². The molecule has 4 nitrogen and oxygen atoms in total. The Morgan fingerprint density at radius 1 is 1.44 bits per heavy atom. The molecule has 0 bridgehead atoms. The Kier molecular flexibility index (Phi) is 4.37. The van der Waals surface area contributed by atoms with E-state index in [1.165, 1.54) is 0 Å². The van der Waals surface area contributed by atoms with Crippen LogP contribution in [-0.2, 0) is 21.3 Å². The van der Waals surface area contributed by atoms with Gasteiger partial charge in [-0.1, -0.05) is 20.8 Å². The third-order valence-corrected chi connectivity index (χ3v) is 3.81. The van der Waals surface area contributed by atoms with Crippen molar-refractivity contribution in [3.05, 3.63) is 16.1 Å². The molecular formula is C13H22N2O2S. The Morgan fingerprint density at radius 3 is 2.67 bits per heavy atom. The van der Waals surface area contributed by atoms with Crippen molar-refractivity contribution in [1.29, 1.82) is 0 Å². The molecule has 18 heavy (non-hydrogen) atoms. The Labute approximate surface area is 113 Å². The summed E-state index contributed by atoms with van der Waals surface area (Å²) in [5.41, 5.74) is 7.36. The van der Waals surface area contributed by atoms with E-state index in [4.69, 9.17) is 15.2 Å². The van der Waals surface area contributed by atoms with Gasteiger partial charge in [0.1, 0.15) is 0 Å². The van der Waals surface area contributed by atoms with Crippen LogP contribution in [0.2, 0.25) is 0 Å². The molecule has 1 aromatic heterocycles. The minimum atomic E-state index is -0.123. The Hall–Kier alpha value is -0.490. The summed E-state index contributed by atoms with van der Waals surface area (Å²) in [5, 5.41) is 3.23. The number of ether oxygens (including phenoxy) is 2. The lowest BCUT2D eigenvalue weighted by atomic mass is 9.93. The van der Waals surface area contributed by atoms with Gasteiger partial charge < -0.3 is 15.2 Å². The van der Waals surface area contributed by atoms with Crippen molar-refractivity contribution in [3.8, 4) is 0 Å². The zero-order chi connectivity index (χ0) is 13.2. The van der Waals surface area contributed by atoms with Crippen LogP contribution in [0.5, 0.6) is 0 Å². The zero-order valence-corrected chi connectivity index (χ0v) is 12.1. The van der Waals surface area contributed by atoms with Crippen molar-refractivity contribution in [2.24, 2.45) is 5.73 Å². The van der Waals surface area contributed by atoms with Crippen LogP contribution in [0.1, 0.15) is 37.9 Å². The number of nitrogens with zero attached hydrogens (tertiary/aromatic N) is 1. The second-order valence-electron chi connectivity index (χ2n) is 5.75. The number of nitrogens with two attached hydrogens (primary N) is 1. The Bertz CT molecular complexity index is 381. The molecule has 2 heterocycles. The highest BCUT2D eigenvalue weighted by atomic mass is 32.1. The van der Waals surface area contributed by atoms with E-state index in [0.29, 0.717) is 13.2 Å². The highest BCUT2D eigenvalue weighted by Crippen LogP contribution is 2.24. The minimum absolute atomic E-state index is 0.0482. The standard InChI is InChI=1S/C13H22N2O2S/c1-13(2,3)10-8-18-11(15-10)6-9(14)7-12-16-4-5-17-12/h8-9,12H,4-7,14H2,1-3H3. The molecule has 2 rings (SSSR count). The van der Waals surface area contributed by atoms with Crippen LogP contribution in [-0.4, -0.2) is 30.5 Å². The van der Waals surface area contributed by atoms with Crippen molar-refractivity contribution >= 4 is 11.3 Å². The summed E-state index contributed by atoms with van der Waals surface area (Å²) < 4.78 is 10.8. The van der Waals surface area contributed by atoms with Gasteiger partial charge in [-0.25, -0.2) is 4.98 Å². The molecule has 0 aromatic carbocycles. The molecule has 102 valence electrons. The minimum Gasteiger partial charge on any atom is -0.350 e. The first-order valence-corrected chi connectivity index (χ1v) is 7.27. The van der Waals surface area contributed by atoms with Crippen LogP contribution in [0, 0.1) is 0 Å². The van der Waals surface area contributed by atoms with Crippen LogP contribution >= 0.6 is 11.3 Å². The van der Waals surface area contributed by atoms with E-state index in [1.54, 1.807) is 11.3 Å². The summed E-state index contributed by atoms with van der Waals surface area (Å²) >= 11 is 1.69. The van der Waals surface area contributed by atoms with E-state index in [-0.39, 0.29) is 17.7 Å². The smallest absolute Gasteiger partial charge is 0.159 e. The second-order valence-corrected chi connectivity index (χ2v) is 6.69. The van der Waals surface area contributed by atoms with Crippen LogP contribution in [0.3, 0.4) is 0 Å². The first kappa shape index (κ1) is 13.9. The summed E-state index contributed by atoms with van der Waals surface area (Å²) in [7, 11) is 0.